The first-order valence-corrected chi connectivity index (χ1v) is 12.3. The number of rotatable bonds is 11. The number of benzene rings is 2. The summed E-state index contributed by atoms with van der Waals surface area (Å²) < 4.78 is 22.8. The van der Waals surface area contributed by atoms with E-state index >= 15 is 0 Å². The molecule has 0 saturated carbocycles. The van der Waals surface area contributed by atoms with Gasteiger partial charge in [0.15, 0.2) is 24.7 Å². The van der Waals surface area contributed by atoms with Crippen molar-refractivity contribution in [2.24, 2.45) is 0 Å². The Kier molecular flexibility index (Phi) is 9.75. The molecule has 0 bridgehead atoms. The lowest BCUT2D eigenvalue weighted by molar-refractivity contribution is -0.131. The van der Waals surface area contributed by atoms with Gasteiger partial charge in [0.25, 0.3) is 11.8 Å². The van der Waals surface area contributed by atoms with Crippen molar-refractivity contribution < 1.29 is 43.7 Å². The molecular formula is C28H32N2O10. The summed E-state index contributed by atoms with van der Waals surface area (Å²) in [5.41, 5.74) is 5.01. The van der Waals surface area contributed by atoms with Crippen LogP contribution in [0.4, 0.5) is 0 Å². The second-order valence-corrected chi connectivity index (χ2v) is 9.38. The molecule has 2 amide bonds. The molecule has 0 aliphatic heterocycles. The first-order chi connectivity index (χ1) is 19.0. The van der Waals surface area contributed by atoms with Crippen molar-refractivity contribution in [3.63, 3.8) is 0 Å². The summed E-state index contributed by atoms with van der Waals surface area (Å²) in [6.45, 7) is 6.40. The minimum atomic E-state index is -0.822. The predicted molar refractivity (Wildman–Crippen MR) is 145 cm³/mol. The van der Waals surface area contributed by atoms with Gasteiger partial charge in [-0.15, -0.1) is 0 Å². The van der Waals surface area contributed by atoms with Gasteiger partial charge in [-0.05, 0) is 40.5 Å². The van der Waals surface area contributed by atoms with E-state index in [1.807, 2.05) is 39.8 Å². The molecule has 0 radical (unpaired) electrons. The van der Waals surface area contributed by atoms with E-state index in [-0.39, 0.29) is 63.3 Å². The average Bonchev–Trinajstić information content (AvgIpc) is 2.91. The Labute approximate surface area is 229 Å². The van der Waals surface area contributed by atoms with Crippen LogP contribution >= 0.6 is 0 Å². The lowest BCUT2D eigenvalue weighted by Crippen LogP contribution is -2.25. The van der Waals surface area contributed by atoms with Gasteiger partial charge in [0.05, 0.1) is 12.5 Å². The van der Waals surface area contributed by atoms with E-state index < -0.39 is 30.5 Å². The molecule has 0 atom stereocenters. The number of phenolic OH excluding ortho intramolecular Hbond substituents is 1. The molecule has 0 unspecified atom stereocenters. The van der Waals surface area contributed by atoms with Gasteiger partial charge in [-0.2, -0.15) is 0 Å². The Morgan fingerprint density at radius 1 is 0.850 bits per heavy atom. The van der Waals surface area contributed by atoms with Crippen LogP contribution in [-0.2, 0) is 22.4 Å². The summed E-state index contributed by atoms with van der Waals surface area (Å²) in [7, 11) is 1.38. The van der Waals surface area contributed by atoms with Gasteiger partial charge in [0, 0.05) is 23.3 Å². The van der Waals surface area contributed by atoms with Crippen LogP contribution < -0.4 is 30.6 Å². The molecule has 0 aliphatic carbocycles. The van der Waals surface area contributed by atoms with Crippen molar-refractivity contribution in [3.8, 4) is 23.0 Å². The Morgan fingerprint density at radius 2 is 1.35 bits per heavy atom. The van der Waals surface area contributed by atoms with Gasteiger partial charge in [0.1, 0.15) is 28.1 Å². The maximum atomic E-state index is 14.0. The van der Waals surface area contributed by atoms with Crippen molar-refractivity contribution in [3.05, 3.63) is 56.8 Å². The molecule has 12 nitrogen and oxygen atoms in total. The number of amides is 2. The number of fused-ring (bicyclic) bond motifs is 2. The van der Waals surface area contributed by atoms with Crippen molar-refractivity contribution in [1.29, 1.82) is 0 Å². The largest absolute Gasteiger partial charge is 0.507 e. The summed E-state index contributed by atoms with van der Waals surface area (Å²) >= 11 is 0. The molecular weight excluding hydrogens is 524 g/mol. The quantitative estimate of drug-likeness (QED) is 0.102. The zero-order valence-electron chi connectivity index (χ0n) is 22.8. The van der Waals surface area contributed by atoms with Gasteiger partial charge in [0.2, 0.25) is 5.43 Å². The maximum Gasteiger partial charge on any atom is 0.281 e. The van der Waals surface area contributed by atoms with Crippen molar-refractivity contribution >= 4 is 33.8 Å². The van der Waals surface area contributed by atoms with Gasteiger partial charge >= 0.3 is 0 Å². The lowest BCUT2D eigenvalue weighted by Gasteiger charge is -2.17. The van der Waals surface area contributed by atoms with Crippen LogP contribution in [0.25, 0.3) is 21.9 Å². The number of aromatic hydroxyl groups is 1. The highest BCUT2D eigenvalue weighted by molar-refractivity contribution is 5.98. The third kappa shape index (κ3) is 6.53. The molecule has 12 heteroatoms. The second kappa shape index (κ2) is 13.0. The Hall–Kier alpha value is -4.55. The fourth-order valence-corrected chi connectivity index (χ4v) is 4.02. The van der Waals surface area contributed by atoms with E-state index in [0.29, 0.717) is 5.56 Å². The van der Waals surface area contributed by atoms with Crippen molar-refractivity contribution in [2.45, 2.75) is 40.5 Å². The standard InChI is InChI=1S/C28H32N2O10/c1-14(2)6-8-16-18(38-12-22(31)29-35)10-20-25(26(16)33)27(34)24-17(9-7-15(3)4)28(37-5)21(11-19(24)40-20)39-13-23(32)30-36/h6-7,10-11,33,35-36H,8-9,12-13H2,1-5H3,(H,29,31)(H,30,32). The first kappa shape index (κ1) is 30.0. The summed E-state index contributed by atoms with van der Waals surface area (Å²) in [5, 5.41) is 29.0. The minimum Gasteiger partial charge on any atom is -0.507 e. The fourth-order valence-electron chi connectivity index (χ4n) is 4.02. The van der Waals surface area contributed by atoms with Crippen molar-refractivity contribution in [2.75, 3.05) is 20.3 Å². The van der Waals surface area contributed by atoms with E-state index in [4.69, 9.17) is 29.0 Å². The van der Waals surface area contributed by atoms with Gasteiger partial charge < -0.3 is 23.7 Å². The summed E-state index contributed by atoms with van der Waals surface area (Å²) in [5.74, 6) is -1.67. The topological polar surface area (TPSA) is 177 Å². The highest BCUT2D eigenvalue weighted by Gasteiger charge is 2.25. The Balaban J connectivity index is 2.40. The molecule has 40 heavy (non-hydrogen) atoms. The number of nitrogens with one attached hydrogen (secondary N) is 2. The number of allylic oxidation sites excluding steroid dienone is 4. The van der Waals surface area contributed by atoms with Gasteiger partial charge in [-0.3, -0.25) is 24.8 Å². The average molecular weight is 557 g/mol. The second-order valence-electron chi connectivity index (χ2n) is 9.38. The first-order valence-electron chi connectivity index (χ1n) is 12.3. The molecule has 1 aromatic heterocycles. The predicted octanol–water partition coefficient (Wildman–Crippen LogP) is 3.45. The third-order valence-corrected chi connectivity index (χ3v) is 5.91. The molecule has 3 rings (SSSR count). The van der Waals surface area contributed by atoms with Crippen LogP contribution in [0.2, 0.25) is 0 Å². The van der Waals surface area contributed by atoms with Crippen LogP contribution in [0.15, 0.2) is 44.6 Å². The Bertz CT molecular complexity index is 1560. The molecule has 0 spiro atoms. The van der Waals surface area contributed by atoms with E-state index in [0.717, 1.165) is 11.1 Å². The molecule has 214 valence electrons. The maximum absolute atomic E-state index is 14.0. The monoisotopic (exact) mass is 556 g/mol. The number of hydroxylamine groups is 2. The third-order valence-electron chi connectivity index (χ3n) is 5.91. The van der Waals surface area contributed by atoms with Crippen LogP contribution in [0.5, 0.6) is 23.0 Å². The highest BCUT2D eigenvalue weighted by atomic mass is 16.5. The number of carbonyl (C=O) groups is 2. The number of phenols is 1. The van der Waals surface area contributed by atoms with Crippen LogP contribution in [-0.4, -0.2) is 47.7 Å². The van der Waals surface area contributed by atoms with E-state index in [1.54, 1.807) is 0 Å². The molecule has 1 heterocycles. The van der Waals surface area contributed by atoms with Gasteiger partial charge in [-0.25, -0.2) is 11.0 Å². The zero-order chi connectivity index (χ0) is 29.6. The Morgan fingerprint density at radius 3 is 1.88 bits per heavy atom. The fraction of sp³-hybridized carbons (Fsp3) is 0.321. The number of methoxy groups -OCH3 is 1. The zero-order valence-corrected chi connectivity index (χ0v) is 22.8. The number of ether oxygens (including phenoxy) is 3. The molecule has 0 aliphatic rings. The summed E-state index contributed by atoms with van der Waals surface area (Å²) in [6, 6.07) is 2.76. The molecule has 5 N–H and O–H groups in total. The van der Waals surface area contributed by atoms with Crippen molar-refractivity contribution in [1.82, 2.24) is 11.0 Å². The summed E-state index contributed by atoms with van der Waals surface area (Å²) in [6.07, 6.45) is 4.11. The van der Waals surface area contributed by atoms with E-state index in [1.165, 1.54) is 30.2 Å². The van der Waals surface area contributed by atoms with Crippen LogP contribution in [0.1, 0.15) is 38.8 Å². The molecule has 0 saturated heterocycles. The number of hydrogen-bond donors (Lipinski definition) is 5. The minimum absolute atomic E-state index is 0.0345. The number of carbonyl (C=O) groups excluding carboxylic acids is 2. The lowest BCUT2D eigenvalue weighted by atomic mass is 9.98. The van der Waals surface area contributed by atoms with Crippen LogP contribution in [0, 0.1) is 0 Å². The normalized spacial score (nSPS) is 10.7. The molecule has 2 aromatic carbocycles. The molecule has 0 fully saturated rings. The van der Waals surface area contributed by atoms with Gasteiger partial charge in [-0.1, -0.05) is 23.3 Å². The summed E-state index contributed by atoms with van der Waals surface area (Å²) in [4.78, 5) is 37.2. The highest BCUT2D eigenvalue weighted by Crippen LogP contribution is 2.41. The van der Waals surface area contributed by atoms with E-state index in [2.05, 4.69) is 0 Å². The van der Waals surface area contributed by atoms with Crippen LogP contribution in [0.3, 0.4) is 0 Å². The number of hydrogen-bond acceptors (Lipinski definition) is 10. The van der Waals surface area contributed by atoms with E-state index in [9.17, 15) is 19.5 Å². The smallest absolute Gasteiger partial charge is 0.281 e. The molecule has 3 aromatic rings. The SMILES string of the molecule is COc1c(OCC(=O)NO)cc2oc3cc(OCC(=O)NO)c(CC=C(C)C)c(O)c3c(=O)c2c1CC=C(C)C.